The lowest BCUT2D eigenvalue weighted by atomic mass is 9.77. The van der Waals surface area contributed by atoms with Crippen LogP contribution in [-0.2, 0) is 5.54 Å². The molecule has 4 aromatic carbocycles. The molecule has 0 atom stereocenters. The lowest BCUT2D eigenvalue weighted by molar-refractivity contribution is 0.558. The Morgan fingerprint density at radius 2 is 1.19 bits per heavy atom. The lowest BCUT2D eigenvalue weighted by Gasteiger charge is -2.36. The van der Waals surface area contributed by atoms with E-state index in [9.17, 15) is 4.79 Å². The van der Waals surface area contributed by atoms with Gasteiger partial charge in [0.05, 0.1) is 14.8 Å². The number of halogens is 1. The highest BCUT2D eigenvalue weighted by molar-refractivity contribution is 14.1. The van der Waals surface area contributed by atoms with Gasteiger partial charge in [-0.15, -0.1) is 0 Å². The Bertz CT molecular complexity index is 1460. The number of aromatic nitrogens is 1. The number of nitrogens with zero attached hydrogens (tertiary/aromatic N) is 1. The molecule has 2 heterocycles. The number of rotatable bonds is 2. The second-order valence-electron chi connectivity index (χ2n) is 7.83. The average Bonchev–Trinajstić information content (AvgIpc) is 3.16. The molecule has 0 spiro atoms. The summed E-state index contributed by atoms with van der Waals surface area (Å²) in [5.41, 5.74) is 6.13. The summed E-state index contributed by atoms with van der Waals surface area (Å²) < 4.78 is 3.15. The van der Waals surface area contributed by atoms with E-state index in [1.807, 2.05) is 18.2 Å². The largest absolute Gasteiger partial charge is 0.321 e. The van der Waals surface area contributed by atoms with Crippen LogP contribution in [0.5, 0.6) is 0 Å². The molecule has 6 rings (SSSR count). The van der Waals surface area contributed by atoms with Crippen LogP contribution < -0.4 is 5.43 Å². The molecular formula is C28H18INO. The molecule has 31 heavy (non-hydrogen) atoms. The molecule has 0 aliphatic carbocycles. The van der Waals surface area contributed by atoms with Crippen molar-refractivity contribution in [2.24, 2.45) is 0 Å². The van der Waals surface area contributed by atoms with E-state index in [2.05, 4.69) is 118 Å². The molecule has 0 amide bonds. The predicted octanol–water partition coefficient (Wildman–Crippen LogP) is 6.43. The Morgan fingerprint density at radius 3 is 1.87 bits per heavy atom. The first-order valence-corrected chi connectivity index (χ1v) is 11.4. The Kier molecular flexibility index (Phi) is 4.15. The number of hydrogen-bond donors (Lipinski definition) is 0. The summed E-state index contributed by atoms with van der Waals surface area (Å²) in [5, 5.41) is 0.750. The minimum Gasteiger partial charge on any atom is -0.321 e. The summed E-state index contributed by atoms with van der Waals surface area (Å²) in [6, 6.07) is 37.7. The Labute approximate surface area is 193 Å². The first-order chi connectivity index (χ1) is 15.2. The molecule has 0 radical (unpaired) electrons. The zero-order chi connectivity index (χ0) is 21.0. The smallest absolute Gasteiger partial charge is 0.203 e. The van der Waals surface area contributed by atoms with E-state index in [4.69, 9.17) is 0 Å². The van der Waals surface area contributed by atoms with Gasteiger partial charge in [0.1, 0.15) is 5.54 Å². The standard InChI is InChI=1S/C28H18INO/c29-25-26-21-15-7-9-17-23(21)28(19-11-3-1-4-12-19,20-13-5-2-6-14-20)30(26)24-18-10-8-16-22(24)27(25)31/h1-18H. The van der Waals surface area contributed by atoms with Gasteiger partial charge in [-0.1, -0.05) is 97.1 Å². The summed E-state index contributed by atoms with van der Waals surface area (Å²) in [5.74, 6) is 0. The third-order valence-electron chi connectivity index (χ3n) is 6.31. The summed E-state index contributed by atoms with van der Waals surface area (Å²) in [4.78, 5) is 13.4. The normalized spacial score (nSPS) is 13.7. The first kappa shape index (κ1) is 18.6. The van der Waals surface area contributed by atoms with E-state index in [0.29, 0.717) is 0 Å². The molecule has 0 bridgehead atoms. The van der Waals surface area contributed by atoms with Gasteiger partial charge < -0.3 is 4.57 Å². The minimum absolute atomic E-state index is 0.0918. The monoisotopic (exact) mass is 511 g/mol. The molecule has 2 nitrogen and oxygen atoms in total. The van der Waals surface area contributed by atoms with Crippen molar-refractivity contribution in [2.45, 2.75) is 5.54 Å². The Morgan fingerprint density at radius 1 is 0.645 bits per heavy atom. The van der Waals surface area contributed by atoms with Gasteiger partial charge in [0.15, 0.2) is 0 Å². The minimum atomic E-state index is -0.568. The van der Waals surface area contributed by atoms with Crippen LogP contribution in [-0.4, -0.2) is 4.57 Å². The van der Waals surface area contributed by atoms with Crippen molar-refractivity contribution >= 4 is 33.5 Å². The summed E-state index contributed by atoms with van der Waals surface area (Å²) in [6.07, 6.45) is 0. The lowest BCUT2D eigenvalue weighted by Crippen LogP contribution is -2.36. The van der Waals surface area contributed by atoms with Gasteiger partial charge in [0.25, 0.3) is 0 Å². The summed E-state index contributed by atoms with van der Waals surface area (Å²) in [6.45, 7) is 0. The third kappa shape index (κ3) is 2.41. The van der Waals surface area contributed by atoms with E-state index < -0.39 is 5.54 Å². The van der Waals surface area contributed by atoms with Crippen LogP contribution >= 0.6 is 22.6 Å². The molecule has 0 unspecified atom stereocenters. The fourth-order valence-corrected chi connectivity index (χ4v) is 5.93. The SMILES string of the molecule is O=c1c(I)c2n(c3ccccc13)C(c1ccccc1)(c1ccccc1)c1ccccc1-2. The summed E-state index contributed by atoms with van der Waals surface area (Å²) in [7, 11) is 0. The molecule has 1 aliphatic rings. The van der Waals surface area contributed by atoms with Crippen molar-refractivity contribution in [2.75, 3.05) is 0 Å². The van der Waals surface area contributed by atoms with Crippen LogP contribution in [0.15, 0.2) is 114 Å². The maximum atomic E-state index is 13.4. The Hall–Kier alpha value is -3.18. The van der Waals surface area contributed by atoms with Crippen molar-refractivity contribution in [3.8, 4) is 11.3 Å². The maximum absolute atomic E-state index is 13.4. The average molecular weight is 511 g/mol. The second kappa shape index (κ2) is 6.92. The van der Waals surface area contributed by atoms with Crippen LogP contribution in [0.1, 0.15) is 16.7 Å². The van der Waals surface area contributed by atoms with Gasteiger partial charge in [-0.3, -0.25) is 4.79 Å². The highest BCUT2D eigenvalue weighted by atomic mass is 127. The van der Waals surface area contributed by atoms with Crippen molar-refractivity contribution < 1.29 is 0 Å². The quantitative estimate of drug-likeness (QED) is 0.246. The number of fused-ring (bicyclic) bond motifs is 5. The zero-order valence-corrected chi connectivity index (χ0v) is 18.8. The Balaban J connectivity index is 1.94. The molecule has 1 aliphatic heterocycles. The van der Waals surface area contributed by atoms with Crippen molar-refractivity contribution in [1.82, 2.24) is 4.57 Å². The fourth-order valence-electron chi connectivity index (χ4n) is 5.11. The van der Waals surface area contributed by atoms with Crippen LogP contribution in [0.4, 0.5) is 0 Å². The molecule has 5 aromatic rings. The van der Waals surface area contributed by atoms with E-state index in [0.717, 1.165) is 25.7 Å². The predicted molar refractivity (Wildman–Crippen MR) is 135 cm³/mol. The van der Waals surface area contributed by atoms with Crippen LogP contribution in [0.2, 0.25) is 0 Å². The molecule has 0 N–H and O–H groups in total. The van der Waals surface area contributed by atoms with Crippen molar-refractivity contribution in [1.29, 1.82) is 0 Å². The molecule has 0 saturated carbocycles. The number of para-hydroxylation sites is 1. The molecule has 3 heteroatoms. The van der Waals surface area contributed by atoms with Gasteiger partial charge in [0.2, 0.25) is 5.43 Å². The van der Waals surface area contributed by atoms with Crippen LogP contribution in [0.3, 0.4) is 0 Å². The molecule has 0 fully saturated rings. The van der Waals surface area contributed by atoms with E-state index in [1.54, 1.807) is 0 Å². The van der Waals surface area contributed by atoms with Gasteiger partial charge >= 0.3 is 0 Å². The van der Waals surface area contributed by atoms with Crippen molar-refractivity contribution in [3.63, 3.8) is 0 Å². The van der Waals surface area contributed by atoms with Gasteiger partial charge in [-0.05, 0) is 51.4 Å². The van der Waals surface area contributed by atoms with E-state index in [-0.39, 0.29) is 5.43 Å². The topological polar surface area (TPSA) is 22.0 Å². The highest BCUT2D eigenvalue weighted by Crippen LogP contribution is 2.53. The highest BCUT2D eigenvalue weighted by Gasteiger charge is 2.47. The molecular weight excluding hydrogens is 493 g/mol. The number of benzene rings is 4. The number of hydrogen-bond acceptors (Lipinski definition) is 1. The third-order valence-corrected chi connectivity index (χ3v) is 7.31. The fraction of sp³-hybridized carbons (Fsp3) is 0.0357. The first-order valence-electron chi connectivity index (χ1n) is 10.3. The molecule has 1 aromatic heterocycles. The second-order valence-corrected chi connectivity index (χ2v) is 8.91. The zero-order valence-electron chi connectivity index (χ0n) is 16.6. The van der Waals surface area contributed by atoms with Gasteiger partial charge in [-0.2, -0.15) is 0 Å². The summed E-state index contributed by atoms with van der Waals surface area (Å²) >= 11 is 2.24. The van der Waals surface area contributed by atoms with Crippen molar-refractivity contribution in [3.05, 3.63) is 140 Å². The van der Waals surface area contributed by atoms with Gasteiger partial charge in [0, 0.05) is 10.9 Å². The molecule has 148 valence electrons. The van der Waals surface area contributed by atoms with E-state index >= 15 is 0 Å². The maximum Gasteiger partial charge on any atom is 0.203 e. The van der Waals surface area contributed by atoms with Crippen LogP contribution in [0.25, 0.3) is 22.2 Å². The van der Waals surface area contributed by atoms with Crippen LogP contribution in [0, 0.1) is 3.57 Å². The molecule has 0 saturated heterocycles. The number of pyridine rings is 1. The van der Waals surface area contributed by atoms with E-state index in [1.165, 1.54) is 16.7 Å². The van der Waals surface area contributed by atoms with Gasteiger partial charge in [-0.25, -0.2) is 0 Å².